The first-order valence-corrected chi connectivity index (χ1v) is 7.59. The van der Waals surface area contributed by atoms with Crippen molar-refractivity contribution >= 4 is 5.97 Å². The van der Waals surface area contributed by atoms with Crippen molar-refractivity contribution in [3.8, 4) is 0 Å². The van der Waals surface area contributed by atoms with E-state index >= 15 is 0 Å². The molecule has 0 saturated carbocycles. The van der Waals surface area contributed by atoms with Crippen LogP contribution >= 0.6 is 0 Å². The Balaban J connectivity index is 2.16. The number of halogens is 1. The van der Waals surface area contributed by atoms with Gasteiger partial charge >= 0.3 is 11.7 Å². The number of rotatable bonds is 3. The van der Waals surface area contributed by atoms with Crippen LogP contribution in [0.15, 0.2) is 15.8 Å². The number of H-pyrrole nitrogens is 1. The van der Waals surface area contributed by atoms with Gasteiger partial charge in [0.1, 0.15) is 6.04 Å². The first-order valence-electron chi connectivity index (χ1n) is 7.59. The molecule has 0 amide bonds. The molecule has 128 valence electrons. The zero-order valence-corrected chi connectivity index (χ0v) is 13.8. The van der Waals surface area contributed by atoms with Crippen LogP contribution < -0.4 is 11.2 Å². The average molecular weight is 327 g/mol. The molecule has 1 fully saturated rings. The molecule has 1 aromatic heterocycles. The molecule has 0 aromatic carbocycles. The molecule has 1 aliphatic heterocycles. The highest BCUT2D eigenvalue weighted by atomic mass is 19.1. The Morgan fingerprint density at radius 1 is 1.43 bits per heavy atom. The molecule has 1 N–H and O–H groups in total. The van der Waals surface area contributed by atoms with E-state index in [1.165, 1.54) is 6.92 Å². The summed E-state index contributed by atoms with van der Waals surface area (Å²) in [7, 11) is 0. The van der Waals surface area contributed by atoms with Gasteiger partial charge in [0.05, 0.1) is 6.20 Å². The fourth-order valence-corrected chi connectivity index (χ4v) is 2.85. The maximum absolute atomic E-state index is 13.3. The monoisotopic (exact) mass is 327 g/mol. The molecule has 2 unspecified atom stereocenters. The first-order chi connectivity index (χ1) is 10.6. The number of aromatic nitrogens is 2. The van der Waals surface area contributed by atoms with E-state index in [4.69, 9.17) is 4.74 Å². The van der Waals surface area contributed by atoms with Crippen LogP contribution in [0.4, 0.5) is 4.39 Å². The maximum Gasteiger partial charge on any atom is 0.331 e. The summed E-state index contributed by atoms with van der Waals surface area (Å²) >= 11 is 0. The van der Waals surface area contributed by atoms with Crippen molar-refractivity contribution in [1.82, 2.24) is 14.5 Å². The van der Waals surface area contributed by atoms with Crippen molar-refractivity contribution < 1.29 is 13.9 Å². The van der Waals surface area contributed by atoms with E-state index in [0.717, 1.165) is 23.7 Å². The van der Waals surface area contributed by atoms with E-state index < -0.39 is 29.3 Å². The van der Waals surface area contributed by atoms with Crippen LogP contribution in [0.25, 0.3) is 0 Å². The molecule has 23 heavy (non-hydrogen) atoms. The summed E-state index contributed by atoms with van der Waals surface area (Å²) in [6.45, 7) is 8.30. The molecular formula is C15H22FN3O4. The molecule has 0 spiro atoms. The van der Waals surface area contributed by atoms with Crippen LogP contribution in [0, 0.1) is 5.82 Å². The second-order valence-corrected chi connectivity index (χ2v) is 6.70. The lowest BCUT2D eigenvalue weighted by Gasteiger charge is -2.36. The lowest BCUT2D eigenvalue weighted by atomic mass is 10.0. The van der Waals surface area contributed by atoms with E-state index in [1.807, 2.05) is 25.8 Å². The molecule has 2 atom stereocenters. The Hall–Kier alpha value is -1.96. The van der Waals surface area contributed by atoms with Gasteiger partial charge in [0.25, 0.3) is 5.56 Å². The van der Waals surface area contributed by atoms with E-state index in [-0.39, 0.29) is 11.6 Å². The molecule has 0 radical (unpaired) electrons. The largest absolute Gasteiger partial charge is 0.440 e. The third-order valence-corrected chi connectivity index (χ3v) is 3.99. The third-order valence-electron chi connectivity index (χ3n) is 3.99. The number of likely N-dealkylation sites (tertiary alicyclic amines) is 1. The normalized spacial score (nSPS) is 20.5. The number of nitrogens with zero attached hydrogens (tertiary/aromatic N) is 2. The minimum absolute atomic E-state index is 0.176. The summed E-state index contributed by atoms with van der Waals surface area (Å²) in [4.78, 5) is 39.0. The molecule has 1 saturated heterocycles. The predicted molar refractivity (Wildman–Crippen MR) is 81.6 cm³/mol. The molecule has 7 nitrogen and oxygen atoms in total. The molecule has 1 aromatic rings. The third kappa shape index (κ3) is 3.69. The highest BCUT2D eigenvalue weighted by Gasteiger charge is 2.38. The van der Waals surface area contributed by atoms with Crippen LogP contribution in [0.5, 0.6) is 0 Å². The Bertz CT molecular complexity index is 704. The zero-order valence-electron chi connectivity index (χ0n) is 13.8. The van der Waals surface area contributed by atoms with Crippen LogP contribution in [0.1, 0.15) is 46.8 Å². The number of carbonyl (C=O) groups excluding carboxylic acids is 1. The molecule has 2 rings (SSSR count). The van der Waals surface area contributed by atoms with Crippen molar-refractivity contribution in [2.45, 2.75) is 58.3 Å². The van der Waals surface area contributed by atoms with Crippen molar-refractivity contribution in [2.24, 2.45) is 0 Å². The fourth-order valence-electron chi connectivity index (χ4n) is 2.85. The van der Waals surface area contributed by atoms with Crippen LogP contribution in [0.2, 0.25) is 0 Å². The van der Waals surface area contributed by atoms with Gasteiger partial charge in [0.15, 0.2) is 6.23 Å². The Labute approximate surface area is 133 Å². The summed E-state index contributed by atoms with van der Waals surface area (Å²) in [5.41, 5.74) is -2.10. The lowest BCUT2D eigenvalue weighted by Crippen LogP contribution is -2.48. The average Bonchev–Trinajstić information content (AvgIpc) is 2.92. The van der Waals surface area contributed by atoms with Crippen LogP contribution in [-0.2, 0) is 9.53 Å². The van der Waals surface area contributed by atoms with E-state index in [0.29, 0.717) is 6.42 Å². The Kier molecular flexibility index (Phi) is 4.74. The highest BCUT2D eigenvalue weighted by molar-refractivity contribution is 5.76. The van der Waals surface area contributed by atoms with Crippen molar-refractivity contribution in [3.05, 3.63) is 32.9 Å². The van der Waals surface area contributed by atoms with Gasteiger partial charge < -0.3 is 4.74 Å². The number of hydrogen-bond donors (Lipinski definition) is 1. The maximum atomic E-state index is 13.3. The van der Waals surface area contributed by atoms with Gasteiger partial charge in [-0.05, 0) is 47.1 Å². The second kappa shape index (κ2) is 6.27. The van der Waals surface area contributed by atoms with Gasteiger partial charge in [-0.3, -0.25) is 24.0 Å². The molecule has 8 heteroatoms. The standard InChI is InChI=1S/C15H22FN3O4/c1-9(18-8-10(16)12(20)17-14(18)22)23-13(21)11-6-5-7-19(11)15(2,3)4/h8-9,11H,5-7H2,1-4H3,(H,17,20,22). The van der Waals surface area contributed by atoms with Gasteiger partial charge in [-0.25, -0.2) is 4.79 Å². The van der Waals surface area contributed by atoms with E-state index in [1.54, 1.807) is 0 Å². The topological polar surface area (TPSA) is 84.4 Å². The number of hydrogen-bond acceptors (Lipinski definition) is 5. The predicted octanol–water partition coefficient (Wildman–Crippen LogP) is 1.00. The minimum Gasteiger partial charge on any atom is -0.440 e. The van der Waals surface area contributed by atoms with Crippen molar-refractivity contribution in [2.75, 3.05) is 6.54 Å². The summed E-state index contributed by atoms with van der Waals surface area (Å²) in [5.74, 6) is -1.56. The summed E-state index contributed by atoms with van der Waals surface area (Å²) in [5, 5.41) is 0. The molecule has 1 aliphatic rings. The Morgan fingerprint density at radius 2 is 2.09 bits per heavy atom. The van der Waals surface area contributed by atoms with Crippen molar-refractivity contribution in [3.63, 3.8) is 0 Å². The molecule has 0 bridgehead atoms. The number of esters is 1. The summed E-state index contributed by atoms with van der Waals surface area (Å²) in [6.07, 6.45) is 1.30. The second-order valence-electron chi connectivity index (χ2n) is 6.70. The highest BCUT2D eigenvalue weighted by Crippen LogP contribution is 2.27. The van der Waals surface area contributed by atoms with Crippen LogP contribution in [-0.4, -0.2) is 38.5 Å². The number of ether oxygens (including phenoxy) is 1. The van der Waals surface area contributed by atoms with Gasteiger partial charge in [-0.2, -0.15) is 4.39 Å². The summed E-state index contributed by atoms with van der Waals surface area (Å²) in [6, 6.07) is -0.388. The molecule has 0 aliphatic carbocycles. The fraction of sp³-hybridized carbons (Fsp3) is 0.667. The smallest absolute Gasteiger partial charge is 0.331 e. The zero-order chi connectivity index (χ0) is 17.4. The van der Waals surface area contributed by atoms with E-state index in [9.17, 15) is 18.8 Å². The lowest BCUT2D eigenvalue weighted by molar-refractivity contribution is -0.160. The van der Waals surface area contributed by atoms with E-state index in [2.05, 4.69) is 4.90 Å². The quantitative estimate of drug-likeness (QED) is 0.837. The van der Waals surface area contributed by atoms with Gasteiger partial charge in [-0.15, -0.1) is 0 Å². The molecule has 2 heterocycles. The molecular weight excluding hydrogens is 305 g/mol. The SMILES string of the molecule is CC(OC(=O)C1CCCN1C(C)(C)C)n1cc(F)c(=O)[nH]c1=O. The first kappa shape index (κ1) is 17.4. The van der Waals surface area contributed by atoms with Gasteiger partial charge in [0, 0.05) is 5.54 Å². The summed E-state index contributed by atoms with van der Waals surface area (Å²) < 4.78 is 19.5. The van der Waals surface area contributed by atoms with Gasteiger partial charge in [-0.1, -0.05) is 0 Å². The number of nitrogens with one attached hydrogen (secondary N) is 1. The number of aromatic amines is 1. The van der Waals surface area contributed by atoms with Gasteiger partial charge in [0.2, 0.25) is 5.82 Å². The number of carbonyl (C=O) groups is 1. The van der Waals surface area contributed by atoms with Crippen molar-refractivity contribution in [1.29, 1.82) is 0 Å². The van der Waals surface area contributed by atoms with Crippen LogP contribution in [0.3, 0.4) is 0 Å². The minimum atomic E-state index is -1.11. The Morgan fingerprint density at radius 3 is 2.70 bits per heavy atom.